The molecule has 1 aromatic heterocycles. The topological polar surface area (TPSA) is 104 Å². The van der Waals surface area contributed by atoms with E-state index in [1.807, 2.05) is 23.6 Å². The summed E-state index contributed by atoms with van der Waals surface area (Å²) in [5, 5.41) is 16.2. The second-order valence-corrected chi connectivity index (χ2v) is 7.19. The number of ketones is 1. The van der Waals surface area contributed by atoms with Crippen LogP contribution in [0.25, 0.3) is 11.3 Å². The molecule has 148 valence electrons. The number of thiazole rings is 1. The van der Waals surface area contributed by atoms with E-state index in [0.717, 1.165) is 23.4 Å². The van der Waals surface area contributed by atoms with Crippen LogP contribution in [0.4, 0.5) is 10.8 Å². The maximum atomic E-state index is 12.3. The van der Waals surface area contributed by atoms with E-state index in [0.29, 0.717) is 29.7 Å². The van der Waals surface area contributed by atoms with Gasteiger partial charge in [-0.3, -0.25) is 14.9 Å². The molecule has 1 N–H and O–H groups in total. The van der Waals surface area contributed by atoms with E-state index >= 15 is 0 Å². The van der Waals surface area contributed by atoms with Crippen molar-refractivity contribution >= 4 is 27.9 Å². The number of nitro benzene ring substituents is 1. The number of nitro groups is 1. The molecule has 3 aromatic rings. The Morgan fingerprint density at radius 2 is 1.90 bits per heavy atom. The second kappa shape index (κ2) is 8.27. The minimum Gasteiger partial charge on any atom is -0.490 e. The first kappa shape index (κ1) is 18.9. The second-order valence-electron chi connectivity index (χ2n) is 6.33. The molecule has 0 atom stereocenters. The van der Waals surface area contributed by atoms with E-state index in [1.54, 1.807) is 0 Å². The van der Waals surface area contributed by atoms with Gasteiger partial charge in [0.1, 0.15) is 0 Å². The lowest BCUT2D eigenvalue weighted by Gasteiger charge is -2.08. The predicted molar refractivity (Wildman–Crippen MR) is 109 cm³/mol. The number of fused-ring (bicyclic) bond motifs is 1. The van der Waals surface area contributed by atoms with Gasteiger partial charge in [-0.1, -0.05) is 0 Å². The minimum atomic E-state index is -0.497. The van der Waals surface area contributed by atoms with E-state index in [4.69, 9.17) is 9.47 Å². The number of ether oxygens (including phenoxy) is 2. The first-order valence-electron chi connectivity index (χ1n) is 8.97. The molecule has 8 nitrogen and oxygen atoms in total. The molecule has 0 amide bonds. The van der Waals surface area contributed by atoms with Gasteiger partial charge in [0.15, 0.2) is 22.4 Å². The maximum absolute atomic E-state index is 12.3. The molecule has 9 heteroatoms. The van der Waals surface area contributed by atoms with Gasteiger partial charge in [0.2, 0.25) is 0 Å². The average Bonchev–Trinajstić information content (AvgIpc) is 3.09. The van der Waals surface area contributed by atoms with Crippen LogP contribution in [0.5, 0.6) is 11.5 Å². The summed E-state index contributed by atoms with van der Waals surface area (Å²) in [6.07, 6.45) is 0.845. The Labute approximate surface area is 170 Å². The highest BCUT2D eigenvalue weighted by Gasteiger charge is 2.14. The SMILES string of the molecule is O=C(CNc1nc(-c2ccc3c(c2)OCCCO3)cs1)c1ccc([N+](=O)[O-])cc1. The van der Waals surface area contributed by atoms with Crippen LogP contribution in [0.1, 0.15) is 16.8 Å². The lowest BCUT2D eigenvalue weighted by Crippen LogP contribution is -2.13. The number of hydrogen-bond donors (Lipinski definition) is 1. The van der Waals surface area contributed by atoms with Crippen molar-refractivity contribution in [3.8, 4) is 22.8 Å². The van der Waals surface area contributed by atoms with Crippen molar-refractivity contribution in [1.29, 1.82) is 0 Å². The number of nitrogens with zero attached hydrogens (tertiary/aromatic N) is 2. The molecule has 1 aliphatic rings. The summed E-state index contributed by atoms with van der Waals surface area (Å²) in [4.78, 5) is 27.0. The molecule has 1 aliphatic heterocycles. The number of aromatic nitrogens is 1. The summed E-state index contributed by atoms with van der Waals surface area (Å²) >= 11 is 1.39. The van der Waals surface area contributed by atoms with Crippen molar-refractivity contribution in [1.82, 2.24) is 4.98 Å². The van der Waals surface area contributed by atoms with Crippen molar-refractivity contribution in [2.45, 2.75) is 6.42 Å². The Kier molecular flexibility index (Phi) is 5.39. The molecule has 0 unspecified atom stereocenters. The molecule has 0 radical (unpaired) electrons. The van der Waals surface area contributed by atoms with Gasteiger partial charge < -0.3 is 14.8 Å². The van der Waals surface area contributed by atoms with Crippen molar-refractivity contribution in [3.63, 3.8) is 0 Å². The van der Waals surface area contributed by atoms with E-state index in [9.17, 15) is 14.9 Å². The lowest BCUT2D eigenvalue weighted by molar-refractivity contribution is -0.384. The number of benzene rings is 2. The van der Waals surface area contributed by atoms with Gasteiger partial charge in [0.05, 0.1) is 30.4 Å². The molecule has 0 aliphatic carbocycles. The monoisotopic (exact) mass is 411 g/mol. The fraction of sp³-hybridized carbons (Fsp3) is 0.200. The van der Waals surface area contributed by atoms with Crippen molar-refractivity contribution < 1.29 is 19.2 Å². The number of anilines is 1. The van der Waals surface area contributed by atoms with Crippen LogP contribution in [-0.2, 0) is 0 Å². The Balaban J connectivity index is 1.41. The quantitative estimate of drug-likeness (QED) is 0.369. The molecular formula is C20H17N3O5S. The van der Waals surface area contributed by atoms with Gasteiger partial charge in [-0.05, 0) is 30.3 Å². The van der Waals surface area contributed by atoms with Crippen LogP contribution in [0.2, 0.25) is 0 Å². The minimum absolute atomic E-state index is 0.0470. The third-order valence-electron chi connectivity index (χ3n) is 4.35. The molecule has 29 heavy (non-hydrogen) atoms. The number of nitrogens with one attached hydrogen (secondary N) is 1. The standard InChI is InChI=1S/C20H17N3O5S/c24-17(13-2-5-15(6-3-13)23(25)26)11-21-20-22-16(12-29-20)14-4-7-18-19(10-14)28-9-1-8-27-18/h2-7,10,12H,1,8-9,11H2,(H,21,22). The number of carbonyl (C=O) groups excluding carboxylic acids is 1. The van der Waals surface area contributed by atoms with E-state index in [1.165, 1.54) is 35.6 Å². The molecule has 0 fully saturated rings. The first-order chi connectivity index (χ1) is 14.1. The number of rotatable bonds is 6. The largest absolute Gasteiger partial charge is 0.490 e. The smallest absolute Gasteiger partial charge is 0.269 e. The van der Waals surface area contributed by atoms with Crippen LogP contribution in [-0.4, -0.2) is 35.4 Å². The van der Waals surface area contributed by atoms with Gasteiger partial charge in [-0.2, -0.15) is 0 Å². The van der Waals surface area contributed by atoms with Crippen molar-refractivity contribution in [2.75, 3.05) is 25.1 Å². The third kappa shape index (κ3) is 4.35. The van der Waals surface area contributed by atoms with Crippen LogP contribution in [0.3, 0.4) is 0 Å². The van der Waals surface area contributed by atoms with Crippen LogP contribution in [0, 0.1) is 10.1 Å². The van der Waals surface area contributed by atoms with Crippen molar-refractivity contribution in [2.24, 2.45) is 0 Å². The molecular weight excluding hydrogens is 394 g/mol. The summed E-state index contributed by atoms with van der Waals surface area (Å²) in [7, 11) is 0. The van der Waals surface area contributed by atoms with Gasteiger partial charge in [-0.15, -0.1) is 11.3 Å². The summed E-state index contributed by atoms with van der Waals surface area (Å²) in [6, 6.07) is 11.2. The Morgan fingerprint density at radius 1 is 1.14 bits per heavy atom. The Bertz CT molecular complexity index is 1050. The van der Waals surface area contributed by atoms with E-state index in [-0.39, 0.29) is 18.0 Å². The zero-order chi connectivity index (χ0) is 20.2. The molecule has 0 saturated heterocycles. The first-order valence-corrected chi connectivity index (χ1v) is 9.85. The van der Waals surface area contributed by atoms with Crippen LogP contribution >= 0.6 is 11.3 Å². The Hall–Kier alpha value is -3.46. The highest BCUT2D eigenvalue weighted by molar-refractivity contribution is 7.14. The lowest BCUT2D eigenvalue weighted by atomic mass is 10.1. The summed E-state index contributed by atoms with van der Waals surface area (Å²) in [5.74, 6) is 1.26. The van der Waals surface area contributed by atoms with Gasteiger partial charge >= 0.3 is 0 Å². The Morgan fingerprint density at radius 3 is 2.66 bits per heavy atom. The number of non-ortho nitro benzene ring substituents is 1. The molecule has 0 spiro atoms. The molecule has 2 aromatic carbocycles. The fourth-order valence-electron chi connectivity index (χ4n) is 2.84. The van der Waals surface area contributed by atoms with Gasteiger partial charge in [0, 0.05) is 35.1 Å². The maximum Gasteiger partial charge on any atom is 0.269 e. The van der Waals surface area contributed by atoms with Crippen molar-refractivity contribution in [3.05, 3.63) is 63.5 Å². The number of hydrogen-bond acceptors (Lipinski definition) is 8. The van der Waals surface area contributed by atoms with Gasteiger partial charge in [0.25, 0.3) is 5.69 Å². The molecule has 0 bridgehead atoms. The van der Waals surface area contributed by atoms with Gasteiger partial charge in [-0.25, -0.2) is 4.98 Å². The summed E-state index contributed by atoms with van der Waals surface area (Å²) < 4.78 is 11.4. The zero-order valence-corrected chi connectivity index (χ0v) is 16.1. The fourth-order valence-corrected chi connectivity index (χ4v) is 3.56. The van der Waals surface area contributed by atoms with Crippen LogP contribution in [0.15, 0.2) is 47.8 Å². The zero-order valence-electron chi connectivity index (χ0n) is 15.3. The molecule has 4 rings (SSSR count). The highest BCUT2D eigenvalue weighted by Crippen LogP contribution is 2.35. The third-order valence-corrected chi connectivity index (χ3v) is 5.15. The van der Waals surface area contributed by atoms with E-state index in [2.05, 4.69) is 10.3 Å². The number of carbonyl (C=O) groups is 1. The predicted octanol–water partition coefficient (Wildman–Crippen LogP) is 4.17. The average molecular weight is 411 g/mol. The van der Waals surface area contributed by atoms with E-state index < -0.39 is 4.92 Å². The summed E-state index contributed by atoms with van der Waals surface area (Å²) in [6.45, 7) is 1.30. The number of Topliss-reactive ketones (excluding diaryl/α,β-unsaturated/α-hetero) is 1. The molecule has 2 heterocycles. The summed E-state index contributed by atoms with van der Waals surface area (Å²) in [5.41, 5.74) is 2.04. The van der Waals surface area contributed by atoms with Crippen LogP contribution < -0.4 is 14.8 Å². The normalized spacial score (nSPS) is 12.8. The highest BCUT2D eigenvalue weighted by atomic mass is 32.1. The molecule has 0 saturated carbocycles.